The van der Waals surface area contributed by atoms with E-state index in [4.69, 9.17) is 10.5 Å². The van der Waals surface area contributed by atoms with Gasteiger partial charge in [-0.1, -0.05) is 38.5 Å². The highest BCUT2D eigenvalue weighted by atomic mass is 16.6. The highest BCUT2D eigenvalue weighted by Crippen LogP contribution is 2.27. The molecule has 1 unspecified atom stereocenters. The number of ether oxygens (including phenoxy) is 1. The molecule has 0 aromatic rings. The van der Waals surface area contributed by atoms with E-state index in [1.54, 1.807) is 20.8 Å². The Kier molecular flexibility index (Phi) is 10.9. The molecule has 1 atom stereocenters. The van der Waals surface area contributed by atoms with E-state index in [1.165, 1.54) is 6.42 Å². The van der Waals surface area contributed by atoms with Crippen LogP contribution in [-0.2, 0) is 14.3 Å². The molecule has 8 heteroatoms. The highest BCUT2D eigenvalue weighted by Gasteiger charge is 2.28. The average molecular weight is 399 g/mol. The molecule has 0 aromatic carbocycles. The number of hydrogen-bond donors (Lipinski definition) is 4. The van der Waals surface area contributed by atoms with Crippen LogP contribution in [0.15, 0.2) is 0 Å². The fourth-order valence-electron chi connectivity index (χ4n) is 3.33. The molecule has 0 bridgehead atoms. The zero-order valence-electron chi connectivity index (χ0n) is 17.6. The van der Waals surface area contributed by atoms with E-state index in [0.29, 0.717) is 25.3 Å². The van der Waals surface area contributed by atoms with Crippen LogP contribution in [0.25, 0.3) is 0 Å². The monoisotopic (exact) mass is 398 g/mol. The van der Waals surface area contributed by atoms with E-state index >= 15 is 0 Å². The summed E-state index contributed by atoms with van der Waals surface area (Å²) in [7, 11) is 0. The predicted molar refractivity (Wildman–Crippen MR) is 108 cm³/mol. The molecular formula is C20H38N4O4. The van der Waals surface area contributed by atoms with Gasteiger partial charge >= 0.3 is 6.09 Å². The van der Waals surface area contributed by atoms with Crippen molar-refractivity contribution >= 4 is 17.9 Å². The van der Waals surface area contributed by atoms with E-state index in [-0.39, 0.29) is 5.91 Å². The minimum absolute atomic E-state index is 0.251. The first-order valence-corrected chi connectivity index (χ1v) is 10.5. The summed E-state index contributed by atoms with van der Waals surface area (Å²) >= 11 is 0. The van der Waals surface area contributed by atoms with E-state index < -0.39 is 23.6 Å². The Hall–Kier alpha value is -1.83. The van der Waals surface area contributed by atoms with E-state index in [0.717, 1.165) is 44.9 Å². The molecule has 3 amide bonds. The maximum atomic E-state index is 12.6. The maximum absolute atomic E-state index is 12.6. The molecule has 1 rings (SSSR count). The molecule has 0 radical (unpaired) electrons. The largest absolute Gasteiger partial charge is 0.444 e. The topological polar surface area (TPSA) is 123 Å². The fourth-order valence-corrected chi connectivity index (χ4v) is 3.33. The van der Waals surface area contributed by atoms with Crippen molar-refractivity contribution in [1.29, 1.82) is 0 Å². The smallest absolute Gasteiger partial charge is 0.408 e. The molecule has 162 valence electrons. The second-order valence-corrected chi connectivity index (χ2v) is 8.58. The molecule has 1 aliphatic rings. The van der Waals surface area contributed by atoms with Crippen molar-refractivity contribution < 1.29 is 19.1 Å². The molecule has 5 N–H and O–H groups in total. The molecule has 0 saturated heterocycles. The lowest BCUT2D eigenvalue weighted by atomic mass is 9.84. The van der Waals surface area contributed by atoms with Gasteiger partial charge in [-0.2, -0.15) is 0 Å². The molecule has 0 aliphatic heterocycles. The molecule has 1 aliphatic carbocycles. The number of alkyl carbamates (subject to hydrolysis) is 1. The first-order chi connectivity index (χ1) is 13.2. The van der Waals surface area contributed by atoms with Gasteiger partial charge in [-0.15, -0.1) is 0 Å². The molecule has 1 saturated carbocycles. The van der Waals surface area contributed by atoms with Gasteiger partial charge < -0.3 is 15.8 Å². The van der Waals surface area contributed by atoms with Crippen LogP contribution in [0.1, 0.15) is 85.0 Å². The van der Waals surface area contributed by atoms with Crippen LogP contribution in [0.5, 0.6) is 0 Å². The standard InChI is InChI=1S/C20H38N4O4/c1-20(2,3)28-19(27)22-16(14-15-10-6-4-7-11-15)18(26)24-23-17(25)12-8-5-9-13-21/h15-16H,4-14,21H2,1-3H3,(H,22,27)(H,23,25)(H,24,26). The van der Waals surface area contributed by atoms with Crippen LogP contribution < -0.4 is 21.9 Å². The number of hydrogen-bond acceptors (Lipinski definition) is 5. The van der Waals surface area contributed by atoms with Gasteiger partial charge in [-0.3, -0.25) is 20.4 Å². The van der Waals surface area contributed by atoms with Crippen LogP contribution in [0.3, 0.4) is 0 Å². The lowest BCUT2D eigenvalue weighted by molar-refractivity contribution is -0.130. The zero-order chi connectivity index (χ0) is 21.0. The summed E-state index contributed by atoms with van der Waals surface area (Å²) in [4.78, 5) is 36.6. The second kappa shape index (κ2) is 12.6. The first-order valence-electron chi connectivity index (χ1n) is 10.5. The number of amides is 3. The van der Waals surface area contributed by atoms with Crippen molar-refractivity contribution in [2.45, 2.75) is 96.6 Å². The van der Waals surface area contributed by atoms with Crippen molar-refractivity contribution in [1.82, 2.24) is 16.2 Å². The Morgan fingerprint density at radius 2 is 1.71 bits per heavy atom. The summed E-state index contributed by atoms with van der Waals surface area (Å²) < 4.78 is 5.28. The average Bonchev–Trinajstić information content (AvgIpc) is 2.62. The summed E-state index contributed by atoms with van der Waals surface area (Å²) in [5.74, 6) is -0.294. The third kappa shape index (κ3) is 11.1. The Labute approximate surface area is 168 Å². The molecule has 0 aromatic heterocycles. The number of carbonyl (C=O) groups is 3. The summed E-state index contributed by atoms with van der Waals surface area (Å²) in [5, 5.41) is 2.67. The van der Waals surface area contributed by atoms with Gasteiger partial charge in [0, 0.05) is 6.42 Å². The van der Waals surface area contributed by atoms with Gasteiger partial charge in [0.05, 0.1) is 0 Å². The number of hydrazine groups is 1. The van der Waals surface area contributed by atoms with E-state index in [2.05, 4.69) is 16.2 Å². The summed E-state index contributed by atoms with van der Waals surface area (Å²) in [6, 6.07) is -0.740. The van der Waals surface area contributed by atoms with Crippen molar-refractivity contribution in [2.75, 3.05) is 6.54 Å². The lowest BCUT2D eigenvalue weighted by Gasteiger charge is -2.27. The minimum atomic E-state index is -0.740. The summed E-state index contributed by atoms with van der Waals surface area (Å²) in [5.41, 5.74) is 9.67. The van der Waals surface area contributed by atoms with Gasteiger partial charge in [-0.05, 0) is 52.5 Å². The Balaban J connectivity index is 2.54. The number of unbranched alkanes of at least 4 members (excludes halogenated alkanes) is 2. The van der Waals surface area contributed by atoms with Crippen LogP contribution in [-0.4, -0.2) is 36.1 Å². The summed E-state index contributed by atoms with van der Waals surface area (Å²) in [6.07, 6.45) is 8.32. The van der Waals surface area contributed by atoms with Gasteiger partial charge in [0.2, 0.25) is 5.91 Å². The normalized spacial score (nSPS) is 16.1. The Morgan fingerprint density at radius 1 is 1.04 bits per heavy atom. The summed E-state index contributed by atoms with van der Waals surface area (Å²) in [6.45, 7) is 5.92. The SMILES string of the molecule is CC(C)(C)OC(=O)NC(CC1CCCCC1)C(=O)NNC(=O)CCCCCN. The molecule has 0 heterocycles. The Bertz CT molecular complexity index is 499. The Morgan fingerprint density at radius 3 is 2.32 bits per heavy atom. The third-order valence-electron chi connectivity index (χ3n) is 4.73. The lowest BCUT2D eigenvalue weighted by Crippen LogP contribution is -2.53. The molecule has 1 fully saturated rings. The number of carbonyl (C=O) groups excluding carboxylic acids is 3. The van der Waals surface area contributed by atoms with Gasteiger partial charge in [0.25, 0.3) is 5.91 Å². The van der Waals surface area contributed by atoms with Crippen molar-refractivity contribution in [3.05, 3.63) is 0 Å². The van der Waals surface area contributed by atoms with Gasteiger partial charge in [0.15, 0.2) is 0 Å². The van der Waals surface area contributed by atoms with Crippen molar-refractivity contribution in [3.8, 4) is 0 Å². The fraction of sp³-hybridized carbons (Fsp3) is 0.850. The second-order valence-electron chi connectivity index (χ2n) is 8.58. The number of nitrogens with two attached hydrogens (primary N) is 1. The van der Waals surface area contributed by atoms with Gasteiger partial charge in [-0.25, -0.2) is 4.79 Å². The van der Waals surface area contributed by atoms with Crippen molar-refractivity contribution in [3.63, 3.8) is 0 Å². The van der Waals surface area contributed by atoms with Crippen LogP contribution in [0.2, 0.25) is 0 Å². The quantitative estimate of drug-likeness (QED) is 0.351. The van der Waals surface area contributed by atoms with Gasteiger partial charge in [0.1, 0.15) is 11.6 Å². The van der Waals surface area contributed by atoms with Crippen LogP contribution >= 0.6 is 0 Å². The van der Waals surface area contributed by atoms with Crippen molar-refractivity contribution in [2.24, 2.45) is 11.7 Å². The molecule has 0 spiro atoms. The van der Waals surface area contributed by atoms with E-state index in [9.17, 15) is 14.4 Å². The molecule has 8 nitrogen and oxygen atoms in total. The highest BCUT2D eigenvalue weighted by molar-refractivity contribution is 5.87. The van der Waals surface area contributed by atoms with Crippen LogP contribution in [0.4, 0.5) is 4.79 Å². The first kappa shape index (κ1) is 24.2. The maximum Gasteiger partial charge on any atom is 0.408 e. The predicted octanol–water partition coefficient (Wildman–Crippen LogP) is 2.52. The minimum Gasteiger partial charge on any atom is -0.444 e. The molecular weight excluding hydrogens is 360 g/mol. The van der Waals surface area contributed by atoms with E-state index in [1.807, 2.05) is 0 Å². The zero-order valence-corrected chi connectivity index (χ0v) is 17.6. The van der Waals surface area contributed by atoms with Crippen LogP contribution in [0, 0.1) is 5.92 Å². The number of nitrogens with one attached hydrogen (secondary N) is 3. The number of rotatable bonds is 9. The third-order valence-corrected chi connectivity index (χ3v) is 4.73. The molecule has 28 heavy (non-hydrogen) atoms.